The van der Waals surface area contributed by atoms with Gasteiger partial charge in [0.25, 0.3) is 0 Å². The Kier molecular flexibility index (Phi) is 2.58. The van der Waals surface area contributed by atoms with E-state index >= 15 is 0 Å². The molecular weight excluding hydrogens is 228 g/mol. The molecule has 5 unspecified atom stereocenters. The van der Waals surface area contributed by atoms with Gasteiger partial charge in [-0.2, -0.15) is 0 Å². The lowest BCUT2D eigenvalue weighted by Crippen LogP contribution is -2.33. The third kappa shape index (κ3) is 1.55. The second kappa shape index (κ2) is 3.82. The van der Waals surface area contributed by atoms with Gasteiger partial charge in [-0.3, -0.25) is 9.59 Å². The van der Waals surface area contributed by atoms with Crippen molar-refractivity contribution < 1.29 is 14.3 Å². The highest BCUT2D eigenvalue weighted by Gasteiger charge is 2.61. The molecule has 0 aromatic rings. The van der Waals surface area contributed by atoms with Crippen molar-refractivity contribution >= 4 is 11.8 Å². The summed E-state index contributed by atoms with van der Waals surface area (Å²) in [5, 5.41) is 0. The second-order valence-electron chi connectivity index (χ2n) is 6.93. The summed E-state index contributed by atoms with van der Waals surface area (Å²) in [6.45, 7) is 6.10. The highest BCUT2D eigenvalue weighted by atomic mass is 16.6. The molecule has 2 bridgehead atoms. The predicted octanol–water partition coefficient (Wildman–Crippen LogP) is 2.58. The lowest BCUT2D eigenvalue weighted by molar-refractivity contribution is -0.145. The van der Waals surface area contributed by atoms with E-state index in [0.29, 0.717) is 30.0 Å². The summed E-state index contributed by atoms with van der Waals surface area (Å²) in [7, 11) is 0. The Bertz CT molecular complexity index is 399. The molecule has 1 saturated heterocycles. The maximum atomic E-state index is 12.3. The first-order valence-electron chi connectivity index (χ1n) is 7.18. The lowest BCUT2D eigenvalue weighted by atomic mass is 9.75. The van der Waals surface area contributed by atoms with Gasteiger partial charge in [0.1, 0.15) is 11.9 Å². The van der Waals surface area contributed by atoms with Crippen molar-refractivity contribution in [3.63, 3.8) is 0 Å². The number of Topliss-reactive ketones (excluding diaryl/α,β-unsaturated/α-hetero) is 1. The van der Waals surface area contributed by atoms with Crippen LogP contribution in [0.5, 0.6) is 0 Å². The molecule has 18 heavy (non-hydrogen) atoms. The van der Waals surface area contributed by atoms with E-state index < -0.39 is 0 Å². The van der Waals surface area contributed by atoms with E-state index in [9.17, 15) is 9.59 Å². The number of hydrogen-bond acceptors (Lipinski definition) is 3. The number of hydrogen-bond donors (Lipinski definition) is 0. The maximum Gasteiger partial charge on any atom is 0.309 e. The first-order valence-corrected chi connectivity index (χ1v) is 7.18. The first kappa shape index (κ1) is 12.2. The third-order valence-corrected chi connectivity index (χ3v) is 5.71. The minimum atomic E-state index is -0.232. The number of ketones is 1. The Hall–Kier alpha value is -0.860. The predicted molar refractivity (Wildman–Crippen MR) is 66.8 cm³/mol. The monoisotopic (exact) mass is 250 g/mol. The van der Waals surface area contributed by atoms with Crippen LogP contribution in [0.15, 0.2) is 0 Å². The normalized spacial score (nSPS) is 41.3. The molecule has 0 aromatic carbocycles. The van der Waals surface area contributed by atoms with Gasteiger partial charge in [0, 0.05) is 23.7 Å². The molecule has 3 aliphatic rings. The molecular formula is C15H22O3. The Balaban J connectivity index is 1.73. The lowest BCUT2D eigenvalue weighted by Gasteiger charge is -2.28. The fourth-order valence-corrected chi connectivity index (χ4v) is 4.05. The van der Waals surface area contributed by atoms with Crippen molar-refractivity contribution in [1.82, 2.24) is 0 Å². The molecule has 1 heterocycles. The third-order valence-electron chi connectivity index (χ3n) is 5.71. The van der Waals surface area contributed by atoms with Crippen LogP contribution in [0.3, 0.4) is 0 Å². The van der Waals surface area contributed by atoms with Crippen LogP contribution < -0.4 is 0 Å². The summed E-state index contributed by atoms with van der Waals surface area (Å²) < 4.78 is 5.51. The first-order chi connectivity index (χ1) is 8.44. The van der Waals surface area contributed by atoms with E-state index in [1.54, 1.807) is 0 Å². The van der Waals surface area contributed by atoms with E-state index in [4.69, 9.17) is 4.74 Å². The summed E-state index contributed by atoms with van der Waals surface area (Å²) >= 11 is 0. The largest absolute Gasteiger partial charge is 0.462 e. The number of ether oxygens (including phenoxy) is 1. The summed E-state index contributed by atoms with van der Waals surface area (Å²) in [5.74, 6) is 1.76. The van der Waals surface area contributed by atoms with Crippen molar-refractivity contribution in [1.29, 1.82) is 0 Å². The molecule has 3 heteroatoms. The second-order valence-corrected chi connectivity index (χ2v) is 6.93. The average Bonchev–Trinajstić information content (AvgIpc) is 2.93. The van der Waals surface area contributed by atoms with E-state index in [1.807, 2.05) is 13.8 Å². The van der Waals surface area contributed by atoms with E-state index in [1.165, 1.54) is 0 Å². The van der Waals surface area contributed by atoms with Crippen LogP contribution in [0.1, 0.15) is 46.5 Å². The van der Waals surface area contributed by atoms with Gasteiger partial charge in [-0.15, -0.1) is 0 Å². The number of carbonyl (C=O) groups is 2. The minimum Gasteiger partial charge on any atom is -0.462 e. The molecule has 2 saturated carbocycles. The molecule has 0 radical (unpaired) electrons. The zero-order valence-corrected chi connectivity index (χ0v) is 11.4. The molecule has 1 aliphatic heterocycles. The average molecular weight is 250 g/mol. The summed E-state index contributed by atoms with van der Waals surface area (Å²) in [6, 6.07) is 0. The highest BCUT2D eigenvalue weighted by Crippen LogP contribution is 2.58. The molecule has 100 valence electrons. The summed E-state index contributed by atoms with van der Waals surface area (Å²) in [5.41, 5.74) is -0.232. The van der Waals surface area contributed by atoms with Crippen molar-refractivity contribution in [2.75, 3.05) is 0 Å². The Labute approximate surface area is 108 Å². The van der Waals surface area contributed by atoms with E-state index in [-0.39, 0.29) is 23.4 Å². The van der Waals surface area contributed by atoms with Gasteiger partial charge in [0.2, 0.25) is 0 Å². The van der Waals surface area contributed by atoms with Crippen molar-refractivity contribution in [3.8, 4) is 0 Å². The van der Waals surface area contributed by atoms with Gasteiger partial charge in [0.05, 0.1) is 5.92 Å². The number of rotatable bonds is 4. The zero-order chi connectivity index (χ0) is 13.1. The van der Waals surface area contributed by atoms with Crippen LogP contribution in [0, 0.1) is 29.1 Å². The standard InChI is InChI=1S/C15H22O3/c1-4-15(2,3)12(16)7-9-8-5-10-11(6-8)14(17)18-13(9)10/h8-11,13H,4-7H2,1-3H3. The van der Waals surface area contributed by atoms with Gasteiger partial charge >= 0.3 is 5.97 Å². The fourth-order valence-electron chi connectivity index (χ4n) is 4.05. The molecule has 3 nitrogen and oxygen atoms in total. The summed E-state index contributed by atoms with van der Waals surface area (Å²) in [6.07, 6.45) is 3.60. The van der Waals surface area contributed by atoms with Gasteiger partial charge in [-0.1, -0.05) is 20.8 Å². The zero-order valence-electron chi connectivity index (χ0n) is 11.4. The van der Waals surface area contributed by atoms with Crippen LogP contribution in [-0.4, -0.2) is 17.9 Å². The van der Waals surface area contributed by atoms with E-state index in [0.717, 1.165) is 19.3 Å². The van der Waals surface area contributed by atoms with Gasteiger partial charge in [-0.25, -0.2) is 0 Å². The van der Waals surface area contributed by atoms with Crippen molar-refractivity contribution in [2.24, 2.45) is 29.1 Å². The number of esters is 1. The molecule has 2 aliphatic carbocycles. The number of carbonyl (C=O) groups excluding carboxylic acids is 2. The van der Waals surface area contributed by atoms with Crippen molar-refractivity contribution in [2.45, 2.75) is 52.6 Å². The Morgan fingerprint density at radius 3 is 2.78 bits per heavy atom. The fraction of sp³-hybridized carbons (Fsp3) is 0.867. The van der Waals surface area contributed by atoms with E-state index in [2.05, 4.69) is 6.92 Å². The van der Waals surface area contributed by atoms with Crippen LogP contribution in [-0.2, 0) is 14.3 Å². The van der Waals surface area contributed by atoms with Gasteiger partial charge < -0.3 is 4.74 Å². The molecule has 0 N–H and O–H groups in total. The van der Waals surface area contributed by atoms with Crippen molar-refractivity contribution in [3.05, 3.63) is 0 Å². The Morgan fingerprint density at radius 2 is 2.11 bits per heavy atom. The topological polar surface area (TPSA) is 43.4 Å². The van der Waals surface area contributed by atoms with Crippen LogP contribution in [0.25, 0.3) is 0 Å². The number of fused-ring (bicyclic) bond motifs is 1. The molecule has 0 spiro atoms. The van der Waals surface area contributed by atoms with Crippen LogP contribution in [0.4, 0.5) is 0 Å². The molecule has 0 amide bonds. The molecule has 0 aromatic heterocycles. The van der Waals surface area contributed by atoms with Crippen LogP contribution in [0.2, 0.25) is 0 Å². The smallest absolute Gasteiger partial charge is 0.309 e. The molecule has 3 fully saturated rings. The maximum absolute atomic E-state index is 12.3. The molecule has 5 atom stereocenters. The van der Waals surface area contributed by atoms with Gasteiger partial charge in [-0.05, 0) is 25.2 Å². The SMILES string of the molecule is CCC(C)(C)C(=O)CC1C2CC3C(=O)OC1C3C2. The van der Waals surface area contributed by atoms with Gasteiger partial charge in [0.15, 0.2) is 0 Å². The summed E-state index contributed by atoms with van der Waals surface area (Å²) in [4.78, 5) is 24.0. The Morgan fingerprint density at radius 1 is 1.39 bits per heavy atom. The quantitative estimate of drug-likeness (QED) is 0.720. The molecule has 3 rings (SSSR count). The highest BCUT2D eigenvalue weighted by molar-refractivity contribution is 5.84. The van der Waals surface area contributed by atoms with Crippen LogP contribution >= 0.6 is 0 Å². The minimum absolute atomic E-state index is 0.00259.